The van der Waals surface area contributed by atoms with Crippen LogP contribution in [-0.2, 0) is 4.79 Å². The first-order chi connectivity index (χ1) is 10.3. The summed E-state index contributed by atoms with van der Waals surface area (Å²) in [7, 11) is 0. The molecule has 2 atom stereocenters. The van der Waals surface area contributed by atoms with Crippen LogP contribution in [-0.4, -0.2) is 39.4 Å². The number of hydrogen-bond donors (Lipinski definition) is 1. The lowest BCUT2D eigenvalue weighted by Crippen LogP contribution is -2.49. The highest BCUT2D eigenvalue weighted by molar-refractivity contribution is 5.97. The molecule has 1 aromatic rings. The Morgan fingerprint density at radius 3 is 2.64 bits per heavy atom. The summed E-state index contributed by atoms with van der Waals surface area (Å²) in [5.74, 6) is -1.15. The number of piperidine rings is 1. The van der Waals surface area contributed by atoms with Crippen LogP contribution in [0.3, 0.4) is 0 Å². The number of hydrogen-bond acceptors (Lipinski definition) is 4. The largest absolute Gasteiger partial charge is 0.480 e. The molecule has 0 radical (unpaired) electrons. The van der Waals surface area contributed by atoms with E-state index in [1.54, 1.807) is 6.92 Å². The number of amides is 1. The zero-order chi connectivity index (χ0) is 16.4. The third kappa shape index (κ3) is 3.08. The van der Waals surface area contributed by atoms with Crippen LogP contribution in [0.2, 0.25) is 0 Å². The van der Waals surface area contributed by atoms with Crippen LogP contribution in [0.15, 0.2) is 18.2 Å². The molecular weight excluding hydrogens is 288 g/mol. The van der Waals surface area contributed by atoms with E-state index in [0.717, 1.165) is 6.42 Å². The van der Waals surface area contributed by atoms with Crippen molar-refractivity contribution in [2.45, 2.75) is 32.7 Å². The molecule has 0 aliphatic carbocycles. The van der Waals surface area contributed by atoms with E-state index in [1.807, 2.05) is 6.92 Å². The van der Waals surface area contributed by atoms with E-state index in [4.69, 9.17) is 0 Å². The Morgan fingerprint density at radius 2 is 2.09 bits per heavy atom. The molecule has 2 unspecified atom stereocenters. The van der Waals surface area contributed by atoms with Gasteiger partial charge in [0.2, 0.25) is 0 Å². The quantitative estimate of drug-likeness (QED) is 0.681. The van der Waals surface area contributed by atoms with Crippen LogP contribution >= 0.6 is 0 Å². The minimum atomic E-state index is -1.02. The lowest BCUT2D eigenvalue weighted by molar-refractivity contribution is -0.385. The van der Waals surface area contributed by atoms with Crippen LogP contribution in [0.1, 0.15) is 35.7 Å². The Bertz CT molecular complexity index is 628. The molecule has 0 aromatic heterocycles. The van der Waals surface area contributed by atoms with E-state index in [9.17, 15) is 24.8 Å². The molecule has 22 heavy (non-hydrogen) atoms. The van der Waals surface area contributed by atoms with Gasteiger partial charge in [0, 0.05) is 23.7 Å². The van der Waals surface area contributed by atoms with Crippen molar-refractivity contribution in [1.29, 1.82) is 0 Å². The van der Waals surface area contributed by atoms with Gasteiger partial charge < -0.3 is 10.0 Å². The summed E-state index contributed by atoms with van der Waals surface area (Å²) in [6.45, 7) is 3.91. The van der Waals surface area contributed by atoms with Crippen molar-refractivity contribution in [1.82, 2.24) is 4.90 Å². The van der Waals surface area contributed by atoms with Crippen LogP contribution < -0.4 is 0 Å². The summed E-state index contributed by atoms with van der Waals surface area (Å²) in [6.07, 6.45) is 1.18. The zero-order valence-electron chi connectivity index (χ0n) is 12.5. The topological polar surface area (TPSA) is 101 Å². The predicted molar refractivity (Wildman–Crippen MR) is 78.7 cm³/mol. The molecule has 1 aliphatic rings. The summed E-state index contributed by atoms with van der Waals surface area (Å²) >= 11 is 0. The summed E-state index contributed by atoms with van der Waals surface area (Å²) in [4.78, 5) is 35.6. The van der Waals surface area contributed by atoms with Gasteiger partial charge in [-0.05, 0) is 37.8 Å². The van der Waals surface area contributed by atoms with E-state index in [1.165, 1.54) is 23.1 Å². The number of carbonyl (C=O) groups excluding carboxylic acids is 1. The van der Waals surface area contributed by atoms with E-state index >= 15 is 0 Å². The molecule has 1 saturated heterocycles. The van der Waals surface area contributed by atoms with E-state index in [0.29, 0.717) is 18.5 Å². The van der Waals surface area contributed by atoms with Crippen LogP contribution in [0.5, 0.6) is 0 Å². The number of carbonyl (C=O) groups is 2. The maximum absolute atomic E-state index is 12.5. The Morgan fingerprint density at radius 1 is 1.41 bits per heavy atom. The number of nitro groups is 1. The van der Waals surface area contributed by atoms with E-state index in [2.05, 4.69) is 0 Å². The smallest absolute Gasteiger partial charge is 0.326 e. The minimum absolute atomic E-state index is 0.0569. The van der Waals surface area contributed by atoms with E-state index < -0.39 is 22.8 Å². The minimum Gasteiger partial charge on any atom is -0.480 e. The van der Waals surface area contributed by atoms with Gasteiger partial charge in [0.05, 0.1) is 4.92 Å². The highest BCUT2D eigenvalue weighted by atomic mass is 16.6. The lowest BCUT2D eigenvalue weighted by atomic mass is 9.91. The Labute approximate surface area is 127 Å². The fourth-order valence-corrected chi connectivity index (χ4v) is 2.78. The lowest BCUT2D eigenvalue weighted by Gasteiger charge is -2.36. The van der Waals surface area contributed by atoms with Crippen molar-refractivity contribution in [3.63, 3.8) is 0 Å². The fraction of sp³-hybridized carbons (Fsp3) is 0.467. The average molecular weight is 306 g/mol. The first kappa shape index (κ1) is 15.9. The van der Waals surface area contributed by atoms with Crippen molar-refractivity contribution in [3.8, 4) is 0 Å². The maximum atomic E-state index is 12.5. The number of nitrogens with zero attached hydrogens (tertiary/aromatic N) is 2. The molecule has 1 aliphatic heterocycles. The standard InChI is InChI=1S/C15H18N2O5/c1-9-5-6-16(13(7-9)15(19)20)14(18)11-3-4-12(17(21)22)10(2)8-11/h3-4,8-9,13H,5-7H2,1-2H3,(H,19,20). The molecule has 0 saturated carbocycles. The van der Waals surface area contributed by atoms with E-state index in [-0.39, 0.29) is 17.2 Å². The number of carboxylic acids is 1. The number of nitro benzene ring substituents is 1. The van der Waals surface area contributed by atoms with Crippen LogP contribution in [0.25, 0.3) is 0 Å². The third-order valence-electron chi connectivity index (χ3n) is 4.05. The Kier molecular flexibility index (Phi) is 4.44. The van der Waals surface area contributed by atoms with Gasteiger partial charge in [-0.2, -0.15) is 0 Å². The van der Waals surface area contributed by atoms with Gasteiger partial charge in [0.15, 0.2) is 0 Å². The molecule has 2 rings (SSSR count). The van der Waals surface area contributed by atoms with Crippen molar-refractivity contribution < 1.29 is 19.6 Å². The molecule has 1 heterocycles. The highest BCUT2D eigenvalue weighted by Gasteiger charge is 2.35. The highest BCUT2D eigenvalue weighted by Crippen LogP contribution is 2.26. The number of likely N-dealkylation sites (tertiary alicyclic amines) is 1. The van der Waals surface area contributed by atoms with Crippen molar-refractivity contribution in [2.24, 2.45) is 5.92 Å². The number of aliphatic carboxylic acids is 1. The summed E-state index contributed by atoms with van der Waals surface area (Å²) in [5.41, 5.74) is 0.607. The summed E-state index contributed by atoms with van der Waals surface area (Å²) in [6, 6.07) is 3.26. The molecule has 118 valence electrons. The number of aryl methyl sites for hydroxylation is 1. The average Bonchev–Trinajstić information content (AvgIpc) is 2.45. The number of benzene rings is 1. The fourth-order valence-electron chi connectivity index (χ4n) is 2.78. The maximum Gasteiger partial charge on any atom is 0.326 e. The molecular formula is C15H18N2O5. The number of rotatable bonds is 3. The Hall–Kier alpha value is -2.44. The zero-order valence-corrected chi connectivity index (χ0v) is 12.5. The molecule has 0 bridgehead atoms. The molecule has 1 amide bonds. The van der Waals surface area contributed by atoms with Gasteiger partial charge in [0.25, 0.3) is 11.6 Å². The van der Waals surface area contributed by atoms with Crippen LogP contribution in [0.4, 0.5) is 5.69 Å². The van der Waals surface area contributed by atoms with Crippen molar-refractivity contribution >= 4 is 17.6 Å². The van der Waals surface area contributed by atoms with Gasteiger partial charge in [-0.1, -0.05) is 6.92 Å². The van der Waals surface area contributed by atoms with Crippen LogP contribution in [0, 0.1) is 23.0 Å². The van der Waals surface area contributed by atoms with Gasteiger partial charge in [0.1, 0.15) is 6.04 Å². The molecule has 7 heteroatoms. The van der Waals surface area contributed by atoms with Gasteiger partial charge in [-0.15, -0.1) is 0 Å². The van der Waals surface area contributed by atoms with Gasteiger partial charge in [-0.25, -0.2) is 4.79 Å². The molecule has 0 spiro atoms. The monoisotopic (exact) mass is 306 g/mol. The SMILES string of the molecule is Cc1cc(C(=O)N2CCC(C)CC2C(=O)O)ccc1[N+](=O)[O-]. The van der Waals surface area contributed by atoms with Gasteiger partial charge >= 0.3 is 5.97 Å². The van der Waals surface area contributed by atoms with Crippen molar-refractivity contribution in [2.75, 3.05) is 6.54 Å². The molecule has 7 nitrogen and oxygen atoms in total. The number of carboxylic acid groups (broad SMARTS) is 1. The second-order valence-corrected chi connectivity index (χ2v) is 5.74. The summed E-state index contributed by atoms with van der Waals surface area (Å²) < 4.78 is 0. The summed E-state index contributed by atoms with van der Waals surface area (Å²) in [5, 5.41) is 20.1. The molecule has 1 aromatic carbocycles. The first-order valence-electron chi connectivity index (χ1n) is 7.10. The third-order valence-corrected chi connectivity index (χ3v) is 4.05. The second-order valence-electron chi connectivity index (χ2n) is 5.74. The first-order valence-corrected chi connectivity index (χ1v) is 7.10. The second kappa shape index (κ2) is 6.13. The molecule has 1 fully saturated rings. The predicted octanol–water partition coefficient (Wildman–Crippen LogP) is 2.23. The van der Waals surface area contributed by atoms with Crippen molar-refractivity contribution in [3.05, 3.63) is 39.4 Å². The normalized spacial score (nSPS) is 21.5. The van der Waals surface area contributed by atoms with Gasteiger partial charge in [-0.3, -0.25) is 14.9 Å². The molecule has 1 N–H and O–H groups in total. The Balaban J connectivity index is 2.28.